The smallest absolute Gasteiger partial charge is 0.239 e. The maximum Gasteiger partial charge on any atom is 0.239 e. The summed E-state index contributed by atoms with van der Waals surface area (Å²) in [4.78, 5) is 24.0. The van der Waals surface area contributed by atoms with Crippen LogP contribution in [-0.2, 0) is 9.59 Å². The third kappa shape index (κ3) is 5.92. The summed E-state index contributed by atoms with van der Waals surface area (Å²) in [6, 6.07) is 3.59. The second-order valence-electron chi connectivity index (χ2n) is 7.38. The van der Waals surface area contributed by atoms with Gasteiger partial charge in [-0.25, -0.2) is 8.78 Å². The van der Waals surface area contributed by atoms with Crippen molar-refractivity contribution in [2.75, 3.05) is 19.6 Å². The van der Waals surface area contributed by atoms with Gasteiger partial charge in [0.15, 0.2) is 11.6 Å². The van der Waals surface area contributed by atoms with Gasteiger partial charge < -0.3 is 16.0 Å². The van der Waals surface area contributed by atoms with Crippen LogP contribution in [0.3, 0.4) is 0 Å². The van der Waals surface area contributed by atoms with Crippen LogP contribution in [0, 0.1) is 17.0 Å². The molecule has 5 nitrogen and oxygen atoms in total. The van der Waals surface area contributed by atoms with Crippen molar-refractivity contribution in [2.45, 2.75) is 39.2 Å². The number of carbonyl (C=O) groups excluding carboxylic acids is 2. The Bertz CT molecular complexity index is 650. The zero-order valence-corrected chi connectivity index (χ0v) is 16.0. The Kier molecular flexibility index (Phi) is 7.96. The van der Waals surface area contributed by atoms with Crippen LogP contribution in [0.25, 0.3) is 0 Å². The Morgan fingerprint density at radius 2 is 1.92 bits per heavy atom. The van der Waals surface area contributed by atoms with E-state index in [2.05, 4.69) is 16.0 Å². The van der Waals surface area contributed by atoms with Crippen molar-refractivity contribution in [1.82, 2.24) is 16.0 Å². The van der Waals surface area contributed by atoms with Crippen LogP contribution in [0.4, 0.5) is 8.78 Å². The molecule has 1 saturated heterocycles. The molecular weight excluding hydrogens is 364 g/mol. The number of nitrogens with one attached hydrogen (secondary N) is 3. The first-order valence-corrected chi connectivity index (χ1v) is 8.42. The van der Waals surface area contributed by atoms with Gasteiger partial charge in [0.05, 0.1) is 6.54 Å². The number of amides is 2. The van der Waals surface area contributed by atoms with Crippen LogP contribution in [0.15, 0.2) is 18.2 Å². The van der Waals surface area contributed by atoms with Gasteiger partial charge in [0.2, 0.25) is 11.8 Å². The highest BCUT2D eigenvalue weighted by Crippen LogP contribution is 2.27. The number of halogens is 3. The molecule has 0 saturated carbocycles. The van der Waals surface area contributed by atoms with Gasteiger partial charge in [-0.05, 0) is 30.7 Å². The highest BCUT2D eigenvalue weighted by atomic mass is 35.5. The fourth-order valence-electron chi connectivity index (χ4n) is 2.84. The zero-order chi connectivity index (χ0) is 18.6. The number of carbonyl (C=O) groups is 2. The van der Waals surface area contributed by atoms with Crippen LogP contribution in [0.2, 0.25) is 0 Å². The first-order chi connectivity index (χ1) is 11.7. The summed E-state index contributed by atoms with van der Waals surface area (Å²) in [5, 5.41) is 8.66. The molecule has 2 rings (SSSR count). The number of benzene rings is 1. The monoisotopic (exact) mass is 389 g/mol. The van der Waals surface area contributed by atoms with E-state index in [0.717, 1.165) is 12.6 Å². The van der Waals surface area contributed by atoms with Gasteiger partial charge in [0, 0.05) is 23.9 Å². The van der Waals surface area contributed by atoms with E-state index < -0.39 is 17.0 Å². The quantitative estimate of drug-likeness (QED) is 0.738. The molecule has 0 bridgehead atoms. The zero-order valence-electron chi connectivity index (χ0n) is 15.2. The van der Waals surface area contributed by atoms with Gasteiger partial charge in [0.1, 0.15) is 0 Å². The molecule has 1 heterocycles. The second-order valence-corrected chi connectivity index (χ2v) is 7.38. The topological polar surface area (TPSA) is 70.2 Å². The second kappa shape index (κ2) is 9.28. The Hall–Kier alpha value is -1.73. The van der Waals surface area contributed by atoms with Crippen molar-refractivity contribution in [3.05, 3.63) is 35.4 Å². The molecule has 8 heteroatoms. The maximum atomic E-state index is 13.5. The fraction of sp³-hybridized carbons (Fsp3) is 0.556. The lowest BCUT2D eigenvalue weighted by molar-refractivity contribution is -0.131. The molecule has 1 fully saturated rings. The summed E-state index contributed by atoms with van der Waals surface area (Å²) < 4.78 is 26.7. The molecule has 26 heavy (non-hydrogen) atoms. The summed E-state index contributed by atoms with van der Waals surface area (Å²) in [5.74, 6) is -2.40. The molecule has 2 unspecified atom stereocenters. The van der Waals surface area contributed by atoms with Crippen LogP contribution in [0.1, 0.15) is 38.7 Å². The van der Waals surface area contributed by atoms with Crippen molar-refractivity contribution >= 4 is 24.2 Å². The number of hydrogen-bond donors (Lipinski definition) is 3. The molecule has 0 aliphatic carbocycles. The van der Waals surface area contributed by atoms with E-state index in [-0.39, 0.29) is 42.7 Å². The molecule has 1 aromatic carbocycles. The van der Waals surface area contributed by atoms with Crippen molar-refractivity contribution in [1.29, 1.82) is 0 Å². The molecule has 2 atom stereocenters. The van der Waals surface area contributed by atoms with Gasteiger partial charge in [-0.2, -0.15) is 0 Å². The SMILES string of the molecule is CC(C)(C)C(=O)NCC(=O)NC1CNCCC1c1ccc(F)c(F)c1.Cl. The van der Waals surface area contributed by atoms with E-state index in [0.29, 0.717) is 18.5 Å². The summed E-state index contributed by atoms with van der Waals surface area (Å²) in [7, 11) is 0. The van der Waals surface area contributed by atoms with Crippen molar-refractivity contribution in [2.24, 2.45) is 5.41 Å². The predicted octanol–water partition coefficient (Wildman–Crippen LogP) is 2.11. The normalized spacial score (nSPS) is 20.0. The summed E-state index contributed by atoms with van der Waals surface area (Å²) >= 11 is 0. The molecule has 1 aromatic rings. The molecule has 1 aliphatic rings. The Morgan fingerprint density at radius 1 is 1.23 bits per heavy atom. The van der Waals surface area contributed by atoms with E-state index in [1.807, 2.05) is 0 Å². The number of piperidine rings is 1. The standard InChI is InChI=1S/C18H25F2N3O2.ClH/c1-18(2,3)17(25)22-10-16(24)23-15-9-21-7-6-12(15)11-4-5-13(19)14(20)8-11;/h4-5,8,12,15,21H,6-7,9-10H2,1-3H3,(H,22,25)(H,23,24);1H. The van der Waals surface area contributed by atoms with Crippen LogP contribution >= 0.6 is 12.4 Å². The molecule has 2 amide bonds. The van der Waals surface area contributed by atoms with E-state index in [1.54, 1.807) is 26.8 Å². The van der Waals surface area contributed by atoms with Gasteiger partial charge in [0.25, 0.3) is 0 Å². The van der Waals surface area contributed by atoms with E-state index >= 15 is 0 Å². The van der Waals surface area contributed by atoms with E-state index in [1.165, 1.54) is 6.07 Å². The third-order valence-electron chi connectivity index (χ3n) is 4.29. The minimum atomic E-state index is -0.890. The third-order valence-corrected chi connectivity index (χ3v) is 4.29. The number of rotatable bonds is 4. The molecule has 0 spiro atoms. The highest BCUT2D eigenvalue weighted by molar-refractivity contribution is 5.87. The average Bonchev–Trinajstić information content (AvgIpc) is 2.55. The van der Waals surface area contributed by atoms with E-state index in [9.17, 15) is 18.4 Å². The molecular formula is C18H26ClF2N3O2. The van der Waals surface area contributed by atoms with Gasteiger partial charge in [-0.1, -0.05) is 26.8 Å². The molecule has 1 aliphatic heterocycles. The molecule has 0 radical (unpaired) electrons. The average molecular weight is 390 g/mol. The Labute approximate surface area is 158 Å². The fourth-order valence-corrected chi connectivity index (χ4v) is 2.84. The van der Waals surface area contributed by atoms with Crippen LogP contribution < -0.4 is 16.0 Å². The van der Waals surface area contributed by atoms with Crippen LogP contribution in [-0.4, -0.2) is 37.5 Å². The predicted molar refractivity (Wildman–Crippen MR) is 98.2 cm³/mol. The van der Waals surface area contributed by atoms with Gasteiger partial charge in [-0.15, -0.1) is 12.4 Å². The summed E-state index contributed by atoms with van der Waals surface area (Å²) in [6.07, 6.45) is 0.699. The van der Waals surface area contributed by atoms with Gasteiger partial charge >= 0.3 is 0 Å². The minimum absolute atomic E-state index is 0. The van der Waals surface area contributed by atoms with Crippen molar-refractivity contribution in [3.63, 3.8) is 0 Å². The lowest BCUT2D eigenvalue weighted by Crippen LogP contribution is -2.52. The first-order valence-electron chi connectivity index (χ1n) is 8.42. The lowest BCUT2D eigenvalue weighted by Gasteiger charge is -2.33. The Balaban J connectivity index is 0.00000338. The largest absolute Gasteiger partial charge is 0.350 e. The lowest BCUT2D eigenvalue weighted by atomic mass is 9.86. The minimum Gasteiger partial charge on any atom is -0.350 e. The van der Waals surface area contributed by atoms with Crippen LogP contribution in [0.5, 0.6) is 0 Å². The van der Waals surface area contributed by atoms with E-state index in [4.69, 9.17) is 0 Å². The Morgan fingerprint density at radius 3 is 2.54 bits per heavy atom. The summed E-state index contributed by atoms with van der Waals surface area (Å²) in [5.41, 5.74) is 0.0883. The summed E-state index contributed by atoms with van der Waals surface area (Å²) in [6.45, 7) is 6.45. The first kappa shape index (κ1) is 22.3. The van der Waals surface area contributed by atoms with Gasteiger partial charge in [-0.3, -0.25) is 9.59 Å². The molecule has 3 N–H and O–H groups in total. The van der Waals surface area contributed by atoms with Crippen molar-refractivity contribution in [3.8, 4) is 0 Å². The molecule has 0 aromatic heterocycles. The maximum absolute atomic E-state index is 13.5. The number of hydrogen-bond acceptors (Lipinski definition) is 3. The van der Waals surface area contributed by atoms with Crippen molar-refractivity contribution < 1.29 is 18.4 Å². The highest BCUT2D eigenvalue weighted by Gasteiger charge is 2.29. The molecule has 146 valence electrons.